The summed E-state index contributed by atoms with van der Waals surface area (Å²) in [5.74, 6) is 1.62. The number of nitrogens with zero attached hydrogens (tertiary/aromatic N) is 2. The van der Waals surface area contributed by atoms with E-state index in [0.717, 1.165) is 35.1 Å². The summed E-state index contributed by atoms with van der Waals surface area (Å²) in [6, 6.07) is 2.51. The van der Waals surface area contributed by atoms with Crippen LogP contribution in [-0.2, 0) is 0 Å². The summed E-state index contributed by atoms with van der Waals surface area (Å²) >= 11 is 5.20. The Morgan fingerprint density at radius 3 is 2.65 bits per heavy atom. The lowest BCUT2D eigenvalue weighted by atomic mass is 9.84. The highest BCUT2D eigenvalue weighted by atomic mass is 32.1. The lowest BCUT2D eigenvalue weighted by molar-refractivity contribution is 0.0973. The highest BCUT2D eigenvalue weighted by molar-refractivity contribution is 7.80. The van der Waals surface area contributed by atoms with Crippen molar-refractivity contribution in [1.82, 2.24) is 9.88 Å². The maximum atomic E-state index is 5.89. The molecular weight excluding hydrogens is 268 g/mol. The summed E-state index contributed by atoms with van der Waals surface area (Å²) in [7, 11) is 0. The van der Waals surface area contributed by atoms with Crippen molar-refractivity contribution >= 4 is 23.0 Å². The zero-order valence-corrected chi connectivity index (χ0v) is 13.0. The van der Waals surface area contributed by atoms with Gasteiger partial charge < -0.3 is 16.0 Å². The first kappa shape index (κ1) is 13.8. The third-order valence-corrected chi connectivity index (χ3v) is 4.77. The van der Waals surface area contributed by atoms with Crippen LogP contribution in [0, 0.1) is 19.8 Å². The zero-order chi connectivity index (χ0) is 14.3. The first-order valence-corrected chi connectivity index (χ1v) is 7.72. The van der Waals surface area contributed by atoms with Crippen molar-refractivity contribution in [1.29, 1.82) is 0 Å². The molecule has 5 heteroatoms. The van der Waals surface area contributed by atoms with Crippen LogP contribution in [0.15, 0.2) is 6.07 Å². The van der Waals surface area contributed by atoms with E-state index in [-0.39, 0.29) is 0 Å². The number of nitrogens with one attached hydrogen (secondary N) is 1. The van der Waals surface area contributed by atoms with Crippen molar-refractivity contribution in [3.63, 3.8) is 0 Å². The molecule has 3 saturated heterocycles. The number of aryl methyl sites for hydroxylation is 2. The molecule has 3 aliphatic rings. The van der Waals surface area contributed by atoms with Crippen LogP contribution < -0.4 is 11.1 Å². The van der Waals surface area contributed by atoms with E-state index in [1.165, 1.54) is 25.9 Å². The predicted molar refractivity (Wildman–Crippen MR) is 86.2 cm³/mol. The number of piperidine rings is 3. The Labute approximate surface area is 125 Å². The van der Waals surface area contributed by atoms with E-state index in [0.29, 0.717) is 11.0 Å². The van der Waals surface area contributed by atoms with Gasteiger partial charge in [-0.3, -0.25) is 0 Å². The van der Waals surface area contributed by atoms with E-state index in [1.54, 1.807) is 0 Å². The maximum Gasteiger partial charge on any atom is 0.137 e. The highest BCUT2D eigenvalue weighted by Gasteiger charge is 2.34. The molecule has 0 radical (unpaired) electrons. The highest BCUT2D eigenvalue weighted by Crippen LogP contribution is 2.30. The molecule has 3 aliphatic heterocycles. The van der Waals surface area contributed by atoms with Gasteiger partial charge in [-0.15, -0.1) is 0 Å². The van der Waals surface area contributed by atoms with Crippen molar-refractivity contribution in [2.75, 3.05) is 25.0 Å². The minimum Gasteiger partial charge on any atom is -0.389 e. The molecule has 1 aromatic heterocycles. The van der Waals surface area contributed by atoms with Crippen LogP contribution in [0.3, 0.4) is 0 Å². The predicted octanol–water partition coefficient (Wildman–Crippen LogP) is 1.84. The lowest BCUT2D eigenvalue weighted by Gasteiger charge is -2.45. The average molecular weight is 290 g/mol. The van der Waals surface area contributed by atoms with Gasteiger partial charge in [0.05, 0.1) is 5.56 Å². The van der Waals surface area contributed by atoms with E-state index < -0.39 is 0 Å². The van der Waals surface area contributed by atoms with Gasteiger partial charge in [0.1, 0.15) is 10.8 Å². The van der Waals surface area contributed by atoms with E-state index in [2.05, 4.69) is 15.2 Å². The van der Waals surface area contributed by atoms with Gasteiger partial charge >= 0.3 is 0 Å². The molecule has 1 unspecified atom stereocenters. The van der Waals surface area contributed by atoms with E-state index >= 15 is 0 Å². The van der Waals surface area contributed by atoms with Gasteiger partial charge in [-0.2, -0.15) is 0 Å². The van der Waals surface area contributed by atoms with Gasteiger partial charge in [-0.1, -0.05) is 12.2 Å². The molecule has 3 fully saturated rings. The van der Waals surface area contributed by atoms with Crippen LogP contribution in [0.1, 0.15) is 29.7 Å². The number of nitrogens with two attached hydrogens (primary N) is 1. The Balaban J connectivity index is 1.88. The number of thiocarbonyl (C=S) groups is 1. The molecule has 0 amide bonds. The number of rotatable bonds is 3. The number of anilines is 1. The average Bonchev–Trinajstić information content (AvgIpc) is 2.38. The van der Waals surface area contributed by atoms with Crippen molar-refractivity contribution in [3.8, 4) is 0 Å². The van der Waals surface area contributed by atoms with Crippen LogP contribution in [0.2, 0.25) is 0 Å². The van der Waals surface area contributed by atoms with Gasteiger partial charge in [0.2, 0.25) is 0 Å². The zero-order valence-electron chi connectivity index (χ0n) is 12.1. The molecule has 0 spiro atoms. The topological polar surface area (TPSA) is 54.2 Å². The number of pyridine rings is 1. The summed E-state index contributed by atoms with van der Waals surface area (Å²) in [6.45, 7) is 7.65. The third kappa shape index (κ3) is 2.52. The molecule has 4 rings (SSSR count). The Kier molecular flexibility index (Phi) is 3.65. The van der Waals surface area contributed by atoms with Gasteiger partial charge in [-0.25, -0.2) is 4.98 Å². The Bertz CT molecular complexity index is 535. The molecule has 1 aromatic rings. The molecule has 0 saturated carbocycles. The third-order valence-electron chi connectivity index (χ3n) is 4.57. The first-order chi connectivity index (χ1) is 9.54. The summed E-state index contributed by atoms with van der Waals surface area (Å²) in [5.41, 5.74) is 8.90. The van der Waals surface area contributed by atoms with Crippen LogP contribution in [0.5, 0.6) is 0 Å². The lowest BCUT2D eigenvalue weighted by Crippen LogP contribution is -2.53. The monoisotopic (exact) mass is 290 g/mol. The molecule has 20 heavy (non-hydrogen) atoms. The largest absolute Gasteiger partial charge is 0.389 e. The van der Waals surface area contributed by atoms with Gasteiger partial charge in [0.15, 0.2) is 0 Å². The molecule has 4 nitrogen and oxygen atoms in total. The summed E-state index contributed by atoms with van der Waals surface area (Å²) in [6.07, 6.45) is 2.57. The van der Waals surface area contributed by atoms with Crippen molar-refractivity contribution in [2.24, 2.45) is 11.7 Å². The number of aromatic nitrogens is 1. The van der Waals surface area contributed by atoms with Crippen molar-refractivity contribution in [3.05, 3.63) is 22.9 Å². The minimum atomic E-state index is 0.429. The van der Waals surface area contributed by atoms with Crippen LogP contribution in [0.4, 0.5) is 5.82 Å². The number of fused-ring (bicyclic) bond motifs is 3. The minimum absolute atomic E-state index is 0.429. The normalized spacial score (nSPS) is 28.4. The maximum absolute atomic E-state index is 5.89. The Morgan fingerprint density at radius 1 is 1.40 bits per heavy atom. The molecule has 0 aromatic carbocycles. The van der Waals surface area contributed by atoms with Crippen LogP contribution in [0.25, 0.3) is 0 Å². The van der Waals surface area contributed by atoms with Crippen LogP contribution >= 0.6 is 12.2 Å². The fourth-order valence-electron chi connectivity index (χ4n) is 3.56. The number of hydrogen-bond donors (Lipinski definition) is 2. The first-order valence-electron chi connectivity index (χ1n) is 7.31. The van der Waals surface area contributed by atoms with Gasteiger partial charge in [0, 0.05) is 18.3 Å². The second-order valence-corrected chi connectivity index (χ2v) is 6.50. The second-order valence-electron chi connectivity index (χ2n) is 6.06. The fraction of sp³-hybridized carbons (Fsp3) is 0.600. The number of hydrogen-bond acceptors (Lipinski definition) is 4. The quantitative estimate of drug-likeness (QED) is 0.832. The van der Waals surface area contributed by atoms with E-state index in [1.807, 2.05) is 19.9 Å². The van der Waals surface area contributed by atoms with Gasteiger partial charge in [-0.05, 0) is 57.3 Å². The van der Waals surface area contributed by atoms with Crippen LogP contribution in [-0.4, -0.2) is 40.5 Å². The summed E-state index contributed by atoms with van der Waals surface area (Å²) in [5, 5.41) is 3.62. The van der Waals surface area contributed by atoms with Crippen molar-refractivity contribution < 1.29 is 0 Å². The molecule has 1 atom stereocenters. The SMILES string of the molecule is Cc1cc(C)c(C(N)=S)c(NC2CN3CCC2CC3)n1. The standard InChI is InChI=1S/C15H22N4S/c1-9-7-10(2)17-15(13(9)14(16)20)18-12-8-19-5-3-11(12)4-6-19/h7,11-12H,3-6,8H2,1-2H3,(H2,16,20)(H,17,18). The molecule has 0 aliphatic carbocycles. The summed E-state index contributed by atoms with van der Waals surface area (Å²) < 4.78 is 0. The van der Waals surface area contributed by atoms with Gasteiger partial charge in [0.25, 0.3) is 0 Å². The Morgan fingerprint density at radius 2 is 2.10 bits per heavy atom. The molecule has 3 N–H and O–H groups in total. The molecule has 108 valence electrons. The fourth-order valence-corrected chi connectivity index (χ4v) is 3.81. The van der Waals surface area contributed by atoms with Crippen molar-refractivity contribution in [2.45, 2.75) is 32.7 Å². The Hall–Kier alpha value is -1.20. The van der Waals surface area contributed by atoms with E-state index in [4.69, 9.17) is 18.0 Å². The van der Waals surface area contributed by atoms with E-state index in [9.17, 15) is 0 Å². The summed E-state index contributed by atoms with van der Waals surface area (Å²) in [4.78, 5) is 7.59. The smallest absolute Gasteiger partial charge is 0.137 e. The molecule has 4 heterocycles. The second kappa shape index (κ2) is 5.30. The molecular formula is C15H22N4S. The molecule has 2 bridgehead atoms.